The van der Waals surface area contributed by atoms with E-state index >= 15 is 0 Å². The first-order valence-electron chi connectivity index (χ1n) is 11.3. The summed E-state index contributed by atoms with van der Waals surface area (Å²) in [5.41, 5.74) is 4.34. The molecule has 4 nitrogen and oxygen atoms in total. The van der Waals surface area contributed by atoms with E-state index in [-0.39, 0.29) is 0 Å². The van der Waals surface area contributed by atoms with Crippen molar-refractivity contribution in [3.63, 3.8) is 0 Å². The van der Waals surface area contributed by atoms with Crippen LogP contribution in [0.15, 0.2) is 54.7 Å². The lowest BCUT2D eigenvalue weighted by Gasteiger charge is -2.32. The van der Waals surface area contributed by atoms with Crippen molar-refractivity contribution in [2.24, 2.45) is 0 Å². The second kappa shape index (κ2) is 9.48. The lowest BCUT2D eigenvalue weighted by Crippen LogP contribution is -2.32. The molecule has 0 spiro atoms. The van der Waals surface area contributed by atoms with Gasteiger partial charge in [0.25, 0.3) is 0 Å². The van der Waals surface area contributed by atoms with E-state index in [1.807, 2.05) is 12.1 Å². The number of aromatic carboxylic acids is 1. The number of piperidine rings is 1. The van der Waals surface area contributed by atoms with Crippen LogP contribution in [0.5, 0.6) is 0 Å². The fraction of sp³-hybridized carbons (Fsp3) is 0.423. The van der Waals surface area contributed by atoms with Gasteiger partial charge >= 0.3 is 5.97 Å². The van der Waals surface area contributed by atoms with Crippen molar-refractivity contribution in [2.75, 3.05) is 13.1 Å². The number of fused-ring (bicyclic) bond motifs is 1. The molecule has 1 fully saturated rings. The molecular weight excluding hydrogens is 372 g/mol. The minimum atomic E-state index is -0.856. The lowest BCUT2D eigenvalue weighted by molar-refractivity contribution is 0.0696. The van der Waals surface area contributed by atoms with E-state index in [1.165, 1.54) is 35.7 Å². The molecule has 1 aromatic heterocycles. The highest BCUT2D eigenvalue weighted by atomic mass is 16.4. The Bertz CT molecular complexity index is 999. The number of hydrogen-bond acceptors (Lipinski definition) is 2. The van der Waals surface area contributed by atoms with Gasteiger partial charge in [-0.15, -0.1) is 0 Å². The summed E-state index contributed by atoms with van der Waals surface area (Å²) in [5, 5.41) is 10.6. The summed E-state index contributed by atoms with van der Waals surface area (Å²) in [6.45, 7) is 6.29. The third-order valence-electron chi connectivity index (χ3n) is 6.43. The smallest absolute Gasteiger partial charge is 0.335 e. The van der Waals surface area contributed by atoms with Crippen molar-refractivity contribution in [1.82, 2.24) is 9.47 Å². The molecule has 0 saturated carbocycles. The number of unbranched alkanes of at least 4 members (excludes halogenated alkanes) is 2. The molecular formula is C26H32N2O2. The third-order valence-corrected chi connectivity index (χ3v) is 6.43. The highest BCUT2D eigenvalue weighted by Crippen LogP contribution is 2.35. The zero-order valence-corrected chi connectivity index (χ0v) is 17.9. The third kappa shape index (κ3) is 4.59. The second-order valence-electron chi connectivity index (χ2n) is 8.56. The fourth-order valence-corrected chi connectivity index (χ4v) is 4.78. The maximum Gasteiger partial charge on any atom is 0.335 e. The van der Waals surface area contributed by atoms with Crippen molar-refractivity contribution in [3.05, 3.63) is 71.4 Å². The van der Waals surface area contributed by atoms with Crippen molar-refractivity contribution in [2.45, 2.75) is 58.0 Å². The van der Waals surface area contributed by atoms with Gasteiger partial charge in [0.2, 0.25) is 0 Å². The van der Waals surface area contributed by atoms with E-state index in [1.54, 1.807) is 12.1 Å². The number of aromatic nitrogens is 1. The summed E-state index contributed by atoms with van der Waals surface area (Å²) in [6, 6.07) is 16.2. The largest absolute Gasteiger partial charge is 0.478 e. The number of para-hydroxylation sites is 1. The molecule has 4 heteroatoms. The molecule has 4 rings (SSSR count). The van der Waals surface area contributed by atoms with Crippen LogP contribution in [0.4, 0.5) is 0 Å². The van der Waals surface area contributed by atoms with Gasteiger partial charge in [-0.1, -0.05) is 50.1 Å². The van der Waals surface area contributed by atoms with Gasteiger partial charge in [0.15, 0.2) is 0 Å². The van der Waals surface area contributed by atoms with Gasteiger partial charge in [0.05, 0.1) is 5.56 Å². The van der Waals surface area contributed by atoms with E-state index in [2.05, 4.69) is 46.9 Å². The fourth-order valence-electron chi connectivity index (χ4n) is 4.78. The van der Waals surface area contributed by atoms with Gasteiger partial charge in [-0.25, -0.2) is 4.79 Å². The van der Waals surface area contributed by atoms with E-state index < -0.39 is 5.97 Å². The minimum Gasteiger partial charge on any atom is -0.478 e. The molecule has 3 aromatic rings. The van der Waals surface area contributed by atoms with E-state index in [4.69, 9.17) is 0 Å². The Kier molecular flexibility index (Phi) is 6.53. The van der Waals surface area contributed by atoms with E-state index in [0.717, 1.165) is 44.6 Å². The maximum absolute atomic E-state index is 11.2. The zero-order valence-electron chi connectivity index (χ0n) is 17.9. The van der Waals surface area contributed by atoms with Crippen molar-refractivity contribution in [1.29, 1.82) is 0 Å². The van der Waals surface area contributed by atoms with Crippen LogP contribution in [0.3, 0.4) is 0 Å². The van der Waals surface area contributed by atoms with Crippen molar-refractivity contribution < 1.29 is 9.90 Å². The number of rotatable bonds is 8. The Morgan fingerprint density at radius 3 is 2.63 bits per heavy atom. The molecule has 1 N–H and O–H groups in total. The van der Waals surface area contributed by atoms with Gasteiger partial charge in [0, 0.05) is 30.2 Å². The van der Waals surface area contributed by atoms with Crippen LogP contribution in [0.1, 0.15) is 66.4 Å². The molecule has 1 aliphatic rings. The van der Waals surface area contributed by atoms with Crippen molar-refractivity contribution >= 4 is 16.9 Å². The van der Waals surface area contributed by atoms with Gasteiger partial charge in [-0.3, -0.25) is 4.90 Å². The number of likely N-dealkylation sites (tertiary alicyclic amines) is 1. The van der Waals surface area contributed by atoms with Gasteiger partial charge < -0.3 is 9.67 Å². The molecule has 2 aromatic carbocycles. The van der Waals surface area contributed by atoms with Crippen LogP contribution in [-0.2, 0) is 13.1 Å². The predicted octanol–water partition coefficient (Wildman–Crippen LogP) is 5.91. The maximum atomic E-state index is 11.2. The van der Waals surface area contributed by atoms with Gasteiger partial charge in [0.1, 0.15) is 0 Å². The number of aryl methyl sites for hydroxylation is 1. The van der Waals surface area contributed by atoms with E-state index in [0.29, 0.717) is 11.5 Å². The highest BCUT2D eigenvalue weighted by molar-refractivity contribution is 5.87. The minimum absolute atomic E-state index is 0.373. The van der Waals surface area contributed by atoms with Crippen LogP contribution in [-0.4, -0.2) is 33.6 Å². The van der Waals surface area contributed by atoms with Gasteiger partial charge in [-0.2, -0.15) is 0 Å². The number of hydrogen-bond donors (Lipinski definition) is 1. The molecule has 0 atom stereocenters. The number of carboxylic acids is 1. The summed E-state index contributed by atoms with van der Waals surface area (Å²) in [6.07, 6.45) is 8.49. The number of benzene rings is 2. The summed E-state index contributed by atoms with van der Waals surface area (Å²) in [7, 11) is 0. The van der Waals surface area contributed by atoms with Crippen molar-refractivity contribution in [3.8, 4) is 0 Å². The Morgan fingerprint density at radius 1 is 1.07 bits per heavy atom. The summed E-state index contributed by atoms with van der Waals surface area (Å²) in [4.78, 5) is 13.7. The lowest BCUT2D eigenvalue weighted by atomic mass is 9.89. The number of carbonyl (C=O) groups is 1. The molecule has 0 unspecified atom stereocenters. The predicted molar refractivity (Wildman–Crippen MR) is 122 cm³/mol. The Morgan fingerprint density at radius 2 is 1.87 bits per heavy atom. The monoisotopic (exact) mass is 404 g/mol. The van der Waals surface area contributed by atoms with E-state index in [9.17, 15) is 9.90 Å². The SMILES string of the molecule is CCCCCn1cc(C2CCN(Cc3cccc(C(=O)O)c3)CC2)c2ccccc21. The molecule has 1 aliphatic heterocycles. The number of nitrogens with zero attached hydrogens (tertiary/aromatic N) is 2. The highest BCUT2D eigenvalue weighted by Gasteiger charge is 2.24. The van der Waals surface area contributed by atoms with Crippen LogP contribution in [0.25, 0.3) is 10.9 Å². The normalized spacial score (nSPS) is 15.6. The molecule has 2 heterocycles. The molecule has 0 aliphatic carbocycles. The summed E-state index contributed by atoms with van der Waals surface area (Å²) >= 11 is 0. The summed E-state index contributed by atoms with van der Waals surface area (Å²) < 4.78 is 2.46. The molecule has 0 amide bonds. The Balaban J connectivity index is 1.43. The standard InChI is InChI=1S/C26H32N2O2/c1-2-3-6-14-28-19-24(23-10-4-5-11-25(23)28)21-12-15-27(16-13-21)18-20-8-7-9-22(17-20)26(29)30/h4-5,7-11,17,19,21H,2-3,6,12-16,18H2,1H3,(H,29,30). The van der Waals surface area contributed by atoms with Crippen LogP contribution in [0, 0.1) is 0 Å². The molecule has 158 valence electrons. The second-order valence-corrected chi connectivity index (χ2v) is 8.56. The average molecular weight is 405 g/mol. The first-order valence-corrected chi connectivity index (χ1v) is 11.3. The molecule has 30 heavy (non-hydrogen) atoms. The Labute approximate surface area is 179 Å². The van der Waals surface area contributed by atoms with Gasteiger partial charge in [-0.05, 0) is 67.6 Å². The van der Waals surface area contributed by atoms with Crippen LogP contribution in [0.2, 0.25) is 0 Å². The average Bonchev–Trinajstić information content (AvgIpc) is 3.13. The Hall–Kier alpha value is -2.59. The number of carboxylic acid groups (broad SMARTS) is 1. The van der Waals surface area contributed by atoms with Crippen LogP contribution >= 0.6 is 0 Å². The zero-order chi connectivity index (χ0) is 20.9. The topological polar surface area (TPSA) is 45.5 Å². The molecule has 0 bridgehead atoms. The molecule has 0 radical (unpaired) electrons. The van der Waals surface area contributed by atoms with Crippen LogP contribution < -0.4 is 0 Å². The first-order chi connectivity index (χ1) is 14.7. The quantitative estimate of drug-likeness (QED) is 0.475. The first kappa shape index (κ1) is 20.7. The summed E-state index contributed by atoms with van der Waals surface area (Å²) in [5.74, 6) is -0.255. The molecule has 1 saturated heterocycles.